The Bertz CT molecular complexity index is 1330. The molecule has 2 atom stereocenters. The van der Waals surface area contributed by atoms with Crippen molar-refractivity contribution in [3.8, 4) is 23.7 Å². The van der Waals surface area contributed by atoms with E-state index >= 15 is 0 Å². The smallest absolute Gasteiger partial charge is 0.124 e. The minimum atomic E-state index is 0.327. The molecule has 2 aliphatic rings. The zero-order valence-electron chi connectivity index (χ0n) is 18.9. The second kappa shape index (κ2) is 9.19. The first-order valence-electron chi connectivity index (χ1n) is 11.9. The van der Waals surface area contributed by atoms with Crippen molar-refractivity contribution in [2.75, 3.05) is 13.1 Å². The molecule has 2 aromatic heterocycles. The highest BCUT2D eigenvalue weighted by molar-refractivity contribution is 5.85. The summed E-state index contributed by atoms with van der Waals surface area (Å²) in [5.74, 6) is 14.9. The quantitative estimate of drug-likeness (QED) is 0.352. The average molecular weight is 447 g/mol. The van der Waals surface area contributed by atoms with Gasteiger partial charge in [-0.15, -0.1) is 0 Å². The first kappa shape index (κ1) is 20.7. The number of benzene rings is 2. The van der Waals surface area contributed by atoms with Gasteiger partial charge in [-0.05, 0) is 85.7 Å². The molecule has 0 bridgehead atoms. The van der Waals surface area contributed by atoms with Gasteiger partial charge in [-0.25, -0.2) is 9.97 Å². The lowest BCUT2D eigenvalue weighted by Crippen LogP contribution is -2.14. The second-order valence-corrected chi connectivity index (χ2v) is 8.94. The Morgan fingerprint density at radius 1 is 0.647 bits per heavy atom. The summed E-state index contributed by atoms with van der Waals surface area (Å²) in [5.41, 5.74) is 3.65. The third-order valence-electron chi connectivity index (χ3n) is 6.49. The van der Waals surface area contributed by atoms with Crippen LogP contribution in [0.1, 0.15) is 71.9 Å². The van der Waals surface area contributed by atoms with Gasteiger partial charge in [-0.3, -0.25) is 0 Å². The molecule has 6 heteroatoms. The summed E-state index contributed by atoms with van der Waals surface area (Å²) in [6.45, 7) is 2.11. The van der Waals surface area contributed by atoms with E-state index < -0.39 is 0 Å². The first-order valence-corrected chi connectivity index (χ1v) is 11.9. The van der Waals surface area contributed by atoms with Gasteiger partial charge in [-0.2, -0.15) is 0 Å². The number of fused-ring (bicyclic) bond motifs is 1. The Balaban J connectivity index is 1.17. The molecular formula is C28H26N6. The van der Waals surface area contributed by atoms with E-state index in [1.807, 2.05) is 12.4 Å². The van der Waals surface area contributed by atoms with Gasteiger partial charge in [0, 0.05) is 11.1 Å². The first-order chi connectivity index (χ1) is 16.8. The number of aromatic amines is 2. The van der Waals surface area contributed by atoms with Gasteiger partial charge in [0.25, 0.3) is 0 Å². The van der Waals surface area contributed by atoms with E-state index in [1.54, 1.807) is 0 Å². The molecule has 168 valence electrons. The molecule has 2 aliphatic heterocycles. The largest absolute Gasteiger partial charge is 0.334 e. The second-order valence-electron chi connectivity index (χ2n) is 8.94. The monoisotopic (exact) mass is 446 g/mol. The molecule has 0 saturated carbocycles. The molecule has 4 aromatic rings. The summed E-state index contributed by atoms with van der Waals surface area (Å²) in [6, 6.07) is 13.2. The normalized spacial score (nSPS) is 19.5. The van der Waals surface area contributed by atoms with Crippen LogP contribution in [0.15, 0.2) is 48.8 Å². The van der Waals surface area contributed by atoms with Crippen molar-refractivity contribution >= 4 is 10.8 Å². The molecule has 34 heavy (non-hydrogen) atoms. The Morgan fingerprint density at radius 3 is 1.59 bits per heavy atom. The number of H-pyrrole nitrogens is 2. The van der Waals surface area contributed by atoms with Crippen molar-refractivity contribution in [1.29, 1.82) is 0 Å². The van der Waals surface area contributed by atoms with Crippen molar-refractivity contribution in [3.05, 3.63) is 83.0 Å². The van der Waals surface area contributed by atoms with Crippen LogP contribution in [0.2, 0.25) is 0 Å². The maximum Gasteiger partial charge on any atom is 0.124 e. The fourth-order valence-electron chi connectivity index (χ4n) is 4.67. The lowest BCUT2D eigenvalue weighted by molar-refractivity contribution is 0.612. The predicted molar refractivity (Wildman–Crippen MR) is 133 cm³/mol. The van der Waals surface area contributed by atoms with Crippen LogP contribution in [0, 0.1) is 23.7 Å². The third kappa shape index (κ3) is 4.47. The number of nitrogens with one attached hydrogen (secondary N) is 4. The fourth-order valence-corrected chi connectivity index (χ4v) is 4.67. The molecule has 0 unspecified atom stereocenters. The van der Waals surface area contributed by atoms with Crippen molar-refractivity contribution < 1.29 is 0 Å². The van der Waals surface area contributed by atoms with Gasteiger partial charge in [-0.1, -0.05) is 24.0 Å². The summed E-state index contributed by atoms with van der Waals surface area (Å²) < 4.78 is 0. The van der Waals surface area contributed by atoms with Crippen LogP contribution < -0.4 is 10.6 Å². The van der Waals surface area contributed by atoms with Crippen LogP contribution in [0.25, 0.3) is 10.8 Å². The highest BCUT2D eigenvalue weighted by Gasteiger charge is 2.19. The molecule has 4 N–H and O–H groups in total. The zero-order chi connectivity index (χ0) is 22.7. The standard InChI is InChI=1S/C28H26N6/c1-3-25(29-13-1)27-31-17-23(33-27)11-7-19-5-9-22-16-20(6-10-21(22)15-19)8-12-24-18-32-28(34-24)26-4-2-14-30-26/h5-6,9-10,15-18,25-26,29-30H,1-4,13-14H2,(H,31,33)(H,32,34)/t25-,26-/m0/s1. The Morgan fingerprint density at radius 2 is 1.15 bits per heavy atom. The topological polar surface area (TPSA) is 81.4 Å². The zero-order valence-corrected chi connectivity index (χ0v) is 18.9. The maximum atomic E-state index is 4.49. The number of nitrogens with zero attached hydrogens (tertiary/aromatic N) is 2. The van der Waals surface area contributed by atoms with E-state index in [-0.39, 0.29) is 0 Å². The SMILES string of the molecule is C(#Cc1cnc([C@@H]2CCCN2)[nH]1)c1ccc2cc(C#Cc3cnc([C@@H]4CCCN4)[nH]3)ccc2c1. The van der Waals surface area contributed by atoms with E-state index in [0.29, 0.717) is 12.1 Å². The van der Waals surface area contributed by atoms with E-state index in [2.05, 4.69) is 90.6 Å². The summed E-state index contributed by atoms with van der Waals surface area (Å²) in [7, 11) is 0. The molecule has 0 amide bonds. The molecular weight excluding hydrogens is 420 g/mol. The molecule has 0 aliphatic carbocycles. The molecule has 2 saturated heterocycles. The highest BCUT2D eigenvalue weighted by Crippen LogP contribution is 2.21. The van der Waals surface area contributed by atoms with Gasteiger partial charge >= 0.3 is 0 Å². The van der Waals surface area contributed by atoms with E-state index in [9.17, 15) is 0 Å². The summed E-state index contributed by atoms with van der Waals surface area (Å²) >= 11 is 0. The highest BCUT2D eigenvalue weighted by atomic mass is 15.0. The molecule has 0 spiro atoms. The lowest BCUT2D eigenvalue weighted by atomic mass is 10.0. The number of hydrogen-bond donors (Lipinski definition) is 4. The predicted octanol–water partition coefficient (Wildman–Crippen LogP) is 3.93. The number of imidazole rings is 2. The maximum absolute atomic E-state index is 4.49. The number of rotatable bonds is 2. The Hall–Kier alpha value is -3.84. The van der Waals surface area contributed by atoms with Crippen LogP contribution in [0.4, 0.5) is 0 Å². The van der Waals surface area contributed by atoms with E-state index in [4.69, 9.17) is 0 Å². The Labute approximate surface area is 199 Å². The van der Waals surface area contributed by atoms with Crippen molar-refractivity contribution in [2.24, 2.45) is 0 Å². The van der Waals surface area contributed by atoms with Gasteiger partial charge in [0.15, 0.2) is 0 Å². The molecule has 6 nitrogen and oxygen atoms in total. The van der Waals surface area contributed by atoms with Crippen molar-refractivity contribution in [2.45, 2.75) is 37.8 Å². The Kier molecular flexibility index (Phi) is 5.61. The van der Waals surface area contributed by atoms with E-state index in [1.165, 1.54) is 12.8 Å². The van der Waals surface area contributed by atoms with Crippen LogP contribution in [-0.2, 0) is 0 Å². The van der Waals surface area contributed by atoms with Crippen LogP contribution >= 0.6 is 0 Å². The summed E-state index contributed by atoms with van der Waals surface area (Å²) in [5, 5.41) is 9.21. The van der Waals surface area contributed by atoms with Gasteiger partial charge in [0.1, 0.15) is 23.0 Å². The number of aromatic nitrogens is 4. The molecule has 0 radical (unpaired) electrons. The third-order valence-corrected chi connectivity index (χ3v) is 6.49. The summed E-state index contributed by atoms with van der Waals surface area (Å²) in [4.78, 5) is 15.7. The number of hydrogen-bond acceptors (Lipinski definition) is 4. The van der Waals surface area contributed by atoms with Crippen molar-refractivity contribution in [3.63, 3.8) is 0 Å². The van der Waals surface area contributed by atoms with Crippen LogP contribution in [0.5, 0.6) is 0 Å². The summed E-state index contributed by atoms with van der Waals surface area (Å²) in [6.07, 6.45) is 8.27. The van der Waals surface area contributed by atoms with E-state index in [0.717, 1.165) is 70.9 Å². The van der Waals surface area contributed by atoms with Gasteiger partial charge < -0.3 is 20.6 Å². The molecule has 2 fully saturated rings. The minimum absolute atomic E-state index is 0.327. The average Bonchev–Trinajstić information content (AvgIpc) is 3.68. The molecule has 4 heterocycles. The van der Waals surface area contributed by atoms with Crippen LogP contribution in [-0.4, -0.2) is 33.0 Å². The molecule has 6 rings (SSSR count). The minimum Gasteiger partial charge on any atom is -0.334 e. The van der Waals surface area contributed by atoms with Gasteiger partial charge in [0.2, 0.25) is 0 Å². The lowest BCUT2D eigenvalue weighted by Gasteiger charge is -2.04. The van der Waals surface area contributed by atoms with Gasteiger partial charge in [0.05, 0.1) is 24.5 Å². The van der Waals surface area contributed by atoms with Crippen molar-refractivity contribution in [1.82, 2.24) is 30.6 Å². The van der Waals surface area contributed by atoms with Crippen LogP contribution in [0.3, 0.4) is 0 Å². The molecule has 2 aromatic carbocycles. The fraction of sp³-hybridized carbons (Fsp3) is 0.286.